The SMILES string of the molecule is CC1CCN(c2nc3c(c(Oc4ccc(F)cc4F)n2)CN(C(=O)Cc2cccs2)CC3)CC1. The molecule has 9 heteroatoms. The number of fused-ring (bicyclic) bond motifs is 1. The van der Waals surface area contributed by atoms with Crippen molar-refractivity contribution < 1.29 is 18.3 Å². The molecule has 1 saturated heterocycles. The number of thiophene rings is 1. The zero-order valence-corrected chi connectivity index (χ0v) is 19.8. The summed E-state index contributed by atoms with van der Waals surface area (Å²) in [6, 6.07) is 7.06. The summed E-state index contributed by atoms with van der Waals surface area (Å²) >= 11 is 1.55. The second-order valence-corrected chi connectivity index (χ2v) is 9.95. The van der Waals surface area contributed by atoms with Crippen LogP contribution >= 0.6 is 11.3 Å². The number of nitrogens with zero attached hydrogens (tertiary/aromatic N) is 4. The Balaban J connectivity index is 1.46. The van der Waals surface area contributed by atoms with Gasteiger partial charge in [0.05, 0.1) is 24.2 Å². The van der Waals surface area contributed by atoms with Crippen LogP contribution in [0.25, 0.3) is 0 Å². The molecule has 0 N–H and O–H groups in total. The number of benzene rings is 1. The van der Waals surface area contributed by atoms with Gasteiger partial charge in [0.15, 0.2) is 11.6 Å². The molecule has 0 atom stereocenters. The van der Waals surface area contributed by atoms with Crippen molar-refractivity contribution in [2.24, 2.45) is 5.92 Å². The monoisotopic (exact) mass is 484 g/mol. The first-order chi connectivity index (χ1) is 16.5. The number of piperidine rings is 1. The molecule has 0 unspecified atom stereocenters. The molecule has 5 rings (SSSR count). The molecule has 0 bridgehead atoms. The largest absolute Gasteiger partial charge is 0.435 e. The highest BCUT2D eigenvalue weighted by molar-refractivity contribution is 7.10. The van der Waals surface area contributed by atoms with Crippen LogP contribution in [0.3, 0.4) is 0 Å². The molecule has 0 radical (unpaired) electrons. The Morgan fingerprint density at radius 1 is 1.18 bits per heavy atom. The van der Waals surface area contributed by atoms with Gasteiger partial charge in [0, 0.05) is 37.0 Å². The van der Waals surface area contributed by atoms with Gasteiger partial charge in [-0.3, -0.25) is 4.79 Å². The van der Waals surface area contributed by atoms with Gasteiger partial charge < -0.3 is 14.5 Å². The number of carbonyl (C=O) groups is 1. The standard InChI is InChI=1S/C25H26F2N4O2S/c1-16-6-9-30(10-7-16)25-28-21-8-11-31(23(32)14-18-3-2-12-34-18)15-19(21)24(29-25)33-22-5-4-17(26)13-20(22)27/h2-5,12-13,16H,6-11,14-15H2,1H3. The van der Waals surface area contributed by atoms with Gasteiger partial charge in [-0.2, -0.15) is 4.98 Å². The van der Waals surface area contributed by atoms with Gasteiger partial charge in [-0.25, -0.2) is 13.8 Å². The Kier molecular flexibility index (Phi) is 6.45. The van der Waals surface area contributed by atoms with Crippen LogP contribution in [-0.4, -0.2) is 40.4 Å². The molecule has 1 amide bonds. The molecule has 0 saturated carbocycles. The van der Waals surface area contributed by atoms with E-state index in [-0.39, 0.29) is 24.1 Å². The average Bonchev–Trinajstić information content (AvgIpc) is 3.34. The third-order valence-electron chi connectivity index (χ3n) is 6.44. The maximum Gasteiger partial charge on any atom is 0.229 e. The number of carbonyl (C=O) groups excluding carboxylic acids is 1. The summed E-state index contributed by atoms with van der Waals surface area (Å²) in [7, 11) is 0. The molecule has 2 aromatic heterocycles. The lowest BCUT2D eigenvalue weighted by Gasteiger charge is -2.33. The normalized spacial score (nSPS) is 16.4. The van der Waals surface area contributed by atoms with E-state index >= 15 is 0 Å². The van der Waals surface area contributed by atoms with Gasteiger partial charge in [-0.1, -0.05) is 13.0 Å². The minimum atomic E-state index is -0.804. The maximum atomic E-state index is 14.4. The number of ether oxygens (including phenoxy) is 1. The summed E-state index contributed by atoms with van der Waals surface area (Å²) in [4.78, 5) is 27.3. The third kappa shape index (κ3) is 4.89. The Hall–Kier alpha value is -3.07. The first-order valence-corrected chi connectivity index (χ1v) is 12.4. The Morgan fingerprint density at radius 3 is 2.74 bits per heavy atom. The number of halogens is 2. The highest BCUT2D eigenvalue weighted by atomic mass is 32.1. The number of hydrogen-bond acceptors (Lipinski definition) is 6. The number of rotatable bonds is 5. The van der Waals surface area contributed by atoms with Crippen LogP contribution < -0.4 is 9.64 Å². The van der Waals surface area contributed by atoms with Gasteiger partial charge in [0.25, 0.3) is 0 Å². The van der Waals surface area contributed by atoms with E-state index in [1.54, 1.807) is 16.2 Å². The zero-order valence-electron chi connectivity index (χ0n) is 19.0. The van der Waals surface area contributed by atoms with Crippen molar-refractivity contribution in [1.29, 1.82) is 0 Å². The number of anilines is 1. The minimum absolute atomic E-state index is 0.0149. The second kappa shape index (κ2) is 9.66. The van der Waals surface area contributed by atoms with E-state index in [4.69, 9.17) is 9.72 Å². The van der Waals surface area contributed by atoms with Gasteiger partial charge in [-0.15, -0.1) is 11.3 Å². The topological polar surface area (TPSA) is 58.6 Å². The third-order valence-corrected chi connectivity index (χ3v) is 7.31. The first kappa shape index (κ1) is 22.7. The van der Waals surface area contributed by atoms with E-state index in [9.17, 15) is 13.6 Å². The van der Waals surface area contributed by atoms with E-state index in [0.717, 1.165) is 48.6 Å². The van der Waals surface area contributed by atoms with Crippen LogP contribution in [-0.2, 0) is 24.2 Å². The van der Waals surface area contributed by atoms with E-state index < -0.39 is 11.6 Å². The zero-order chi connectivity index (χ0) is 23.7. The van der Waals surface area contributed by atoms with Gasteiger partial charge in [0.1, 0.15) is 5.82 Å². The Morgan fingerprint density at radius 2 is 2.00 bits per heavy atom. The predicted octanol–water partition coefficient (Wildman–Crippen LogP) is 4.97. The minimum Gasteiger partial charge on any atom is -0.435 e. The summed E-state index contributed by atoms with van der Waals surface area (Å²) in [5.41, 5.74) is 1.48. The van der Waals surface area contributed by atoms with Crippen LogP contribution in [0.4, 0.5) is 14.7 Å². The van der Waals surface area contributed by atoms with Gasteiger partial charge in [0.2, 0.25) is 17.7 Å². The highest BCUT2D eigenvalue weighted by Gasteiger charge is 2.29. The summed E-state index contributed by atoms with van der Waals surface area (Å²) in [5, 5.41) is 1.95. The maximum absolute atomic E-state index is 14.4. The van der Waals surface area contributed by atoms with E-state index in [2.05, 4.69) is 16.8 Å². The molecule has 2 aliphatic rings. The number of aromatic nitrogens is 2. The molecule has 178 valence electrons. The smallest absolute Gasteiger partial charge is 0.229 e. The van der Waals surface area contributed by atoms with Crippen LogP contribution in [0.2, 0.25) is 0 Å². The molecule has 2 aliphatic heterocycles. The molecule has 1 fully saturated rings. The fourth-order valence-electron chi connectivity index (χ4n) is 4.35. The van der Waals surface area contributed by atoms with Crippen molar-refractivity contribution in [2.75, 3.05) is 24.5 Å². The van der Waals surface area contributed by atoms with Gasteiger partial charge >= 0.3 is 0 Å². The van der Waals surface area contributed by atoms with E-state index in [1.165, 1.54) is 6.07 Å². The summed E-state index contributed by atoms with van der Waals surface area (Å²) in [6.07, 6.45) is 3.00. The molecule has 6 nitrogen and oxygen atoms in total. The van der Waals surface area contributed by atoms with Crippen molar-refractivity contribution in [3.05, 3.63) is 63.5 Å². The lowest BCUT2D eigenvalue weighted by Crippen LogP contribution is -2.38. The number of hydrogen-bond donors (Lipinski definition) is 0. The number of amides is 1. The van der Waals surface area contributed by atoms with Crippen LogP contribution in [0.5, 0.6) is 11.6 Å². The lowest BCUT2D eigenvalue weighted by molar-refractivity contribution is -0.131. The second-order valence-electron chi connectivity index (χ2n) is 8.92. The van der Waals surface area contributed by atoms with Crippen molar-refractivity contribution in [2.45, 2.75) is 39.2 Å². The quantitative estimate of drug-likeness (QED) is 0.512. The van der Waals surface area contributed by atoms with Crippen molar-refractivity contribution >= 4 is 23.2 Å². The molecule has 3 aromatic rings. The van der Waals surface area contributed by atoms with E-state index in [0.29, 0.717) is 36.8 Å². The van der Waals surface area contributed by atoms with Crippen LogP contribution in [0.1, 0.15) is 35.9 Å². The summed E-state index contributed by atoms with van der Waals surface area (Å²) in [6.45, 7) is 4.76. The van der Waals surface area contributed by atoms with Crippen molar-refractivity contribution in [3.8, 4) is 11.6 Å². The fourth-order valence-corrected chi connectivity index (χ4v) is 5.05. The Labute approximate surface area is 201 Å². The average molecular weight is 485 g/mol. The van der Waals surface area contributed by atoms with Crippen LogP contribution in [0, 0.1) is 17.6 Å². The Bertz CT molecular complexity index is 1180. The molecule has 1 aromatic carbocycles. The van der Waals surface area contributed by atoms with Crippen LogP contribution in [0.15, 0.2) is 35.7 Å². The molecule has 0 aliphatic carbocycles. The van der Waals surface area contributed by atoms with Crippen molar-refractivity contribution in [1.82, 2.24) is 14.9 Å². The summed E-state index contributed by atoms with van der Waals surface area (Å²) < 4.78 is 33.7. The summed E-state index contributed by atoms with van der Waals surface area (Å²) in [5.74, 6) is -0.144. The fraction of sp³-hybridized carbons (Fsp3) is 0.400. The van der Waals surface area contributed by atoms with Crippen molar-refractivity contribution in [3.63, 3.8) is 0 Å². The molecule has 4 heterocycles. The predicted molar refractivity (Wildman–Crippen MR) is 126 cm³/mol. The molecule has 0 spiro atoms. The molecule has 34 heavy (non-hydrogen) atoms. The van der Waals surface area contributed by atoms with Gasteiger partial charge in [-0.05, 0) is 42.3 Å². The highest BCUT2D eigenvalue weighted by Crippen LogP contribution is 2.33. The molecular formula is C25H26F2N4O2S. The first-order valence-electron chi connectivity index (χ1n) is 11.5. The molecular weight excluding hydrogens is 458 g/mol. The van der Waals surface area contributed by atoms with E-state index in [1.807, 2.05) is 17.5 Å². The lowest BCUT2D eigenvalue weighted by atomic mass is 9.99.